The maximum Gasteiger partial charge on any atom is 0.339 e. The lowest BCUT2D eigenvalue weighted by molar-refractivity contribution is 0.0489. The molecule has 110 valence electrons. The number of ether oxygens (including phenoxy) is 1. The monoisotopic (exact) mass is 278 g/mol. The Bertz CT molecular complexity index is 432. The van der Waals surface area contributed by atoms with Crippen LogP contribution in [0.25, 0.3) is 0 Å². The van der Waals surface area contributed by atoms with Crippen LogP contribution in [0.2, 0.25) is 0 Å². The third-order valence-corrected chi connectivity index (χ3v) is 3.11. The van der Waals surface area contributed by atoms with Crippen molar-refractivity contribution in [1.29, 1.82) is 0 Å². The molecule has 0 unspecified atom stereocenters. The van der Waals surface area contributed by atoms with Crippen LogP contribution < -0.4 is 0 Å². The van der Waals surface area contributed by atoms with Gasteiger partial charge >= 0.3 is 11.9 Å². The van der Waals surface area contributed by atoms with E-state index in [1.54, 1.807) is 12.1 Å². The van der Waals surface area contributed by atoms with Crippen LogP contribution in [-0.2, 0) is 4.74 Å². The van der Waals surface area contributed by atoms with Gasteiger partial charge in [0.2, 0.25) is 0 Å². The highest BCUT2D eigenvalue weighted by Crippen LogP contribution is 2.15. The number of carboxylic acids is 1. The first kappa shape index (κ1) is 16.2. The molecule has 0 radical (unpaired) electrons. The lowest BCUT2D eigenvalue weighted by Crippen LogP contribution is -2.12. The van der Waals surface area contributed by atoms with Gasteiger partial charge in [-0.2, -0.15) is 0 Å². The van der Waals surface area contributed by atoms with Gasteiger partial charge in [0, 0.05) is 0 Å². The molecule has 1 fully saturated rings. The molecule has 0 bridgehead atoms. The Hall–Kier alpha value is -1.84. The molecule has 20 heavy (non-hydrogen) atoms. The van der Waals surface area contributed by atoms with Gasteiger partial charge in [0.1, 0.15) is 0 Å². The van der Waals surface area contributed by atoms with Gasteiger partial charge in [-0.3, -0.25) is 0 Å². The molecule has 0 heterocycles. The predicted octanol–water partition coefficient (Wildman–Crippen LogP) is 3.90. The van der Waals surface area contributed by atoms with Gasteiger partial charge in [0.05, 0.1) is 17.7 Å². The molecular weight excluding hydrogens is 256 g/mol. The van der Waals surface area contributed by atoms with Crippen LogP contribution in [0.3, 0.4) is 0 Å². The Balaban J connectivity index is 0.000000425. The van der Waals surface area contributed by atoms with Gasteiger partial charge in [-0.15, -0.1) is 0 Å². The van der Waals surface area contributed by atoms with Crippen molar-refractivity contribution in [3.63, 3.8) is 0 Å². The van der Waals surface area contributed by atoms with Crippen LogP contribution >= 0.6 is 0 Å². The summed E-state index contributed by atoms with van der Waals surface area (Å²) in [6.45, 7) is 2.31. The van der Waals surface area contributed by atoms with Crippen molar-refractivity contribution < 1.29 is 19.4 Å². The van der Waals surface area contributed by atoms with Crippen LogP contribution in [0.5, 0.6) is 0 Å². The topological polar surface area (TPSA) is 63.6 Å². The summed E-state index contributed by atoms with van der Waals surface area (Å²) in [4.78, 5) is 22.4. The fraction of sp³-hybridized carbons (Fsp3) is 0.500. The fourth-order valence-corrected chi connectivity index (χ4v) is 1.48. The van der Waals surface area contributed by atoms with Gasteiger partial charge in [-0.25, -0.2) is 9.59 Å². The first-order valence-corrected chi connectivity index (χ1v) is 7.16. The van der Waals surface area contributed by atoms with E-state index < -0.39 is 11.9 Å². The second kappa shape index (κ2) is 9.13. The van der Waals surface area contributed by atoms with Gasteiger partial charge < -0.3 is 9.84 Å². The Morgan fingerprint density at radius 2 is 1.65 bits per heavy atom. The average molecular weight is 278 g/mol. The highest BCUT2D eigenvalue weighted by Gasteiger charge is 2.16. The van der Waals surface area contributed by atoms with Crippen molar-refractivity contribution in [2.75, 3.05) is 6.61 Å². The third-order valence-electron chi connectivity index (χ3n) is 3.11. The molecule has 1 aliphatic carbocycles. The molecule has 0 amide bonds. The van der Waals surface area contributed by atoms with Crippen molar-refractivity contribution in [3.8, 4) is 0 Å². The second-order valence-corrected chi connectivity index (χ2v) is 4.75. The normalized spacial score (nSPS) is 12.7. The number of rotatable bonds is 5. The van der Waals surface area contributed by atoms with E-state index in [-0.39, 0.29) is 11.1 Å². The van der Waals surface area contributed by atoms with Gasteiger partial charge in [-0.1, -0.05) is 51.2 Å². The minimum atomic E-state index is -1.12. The molecular formula is C16H22O4. The predicted molar refractivity (Wildman–Crippen MR) is 77.1 cm³/mol. The Kier molecular flexibility index (Phi) is 7.40. The lowest BCUT2D eigenvalue weighted by Gasteiger charge is -2.06. The standard InChI is InChI=1S/C12H14O4.C4H8/c1-2-3-8-16-12(15)10-7-5-4-6-9(10)11(13)14;1-2-4-3-1/h4-7H,2-3,8H2,1H3,(H,13,14);1-4H2. The molecule has 4 heteroatoms. The quantitative estimate of drug-likeness (QED) is 0.655. The van der Waals surface area contributed by atoms with Crippen molar-refractivity contribution in [2.24, 2.45) is 0 Å². The molecule has 1 aromatic carbocycles. The lowest BCUT2D eigenvalue weighted by atomic mass is 10.0. The summed E-state index contributed by atoms with van der Waals surface area (Å²) in [5, 5.41) is 8.88. The number of carboxylic acid groups (broad SMARTS) is 1. The Labute approximate surface area is 119 Å². The minimum absolute atomic E-state index is 0.0241. The van der Waals surface area contributed by atoms with E-state index in [4.69, 9.17) is 9.84 Å². The van der Waals surface area contributed by atoms with Crippen LogP contribution in [0, 0.1) is 0 Å². The molecule has 1 saturated carbocycles. The Morgan fingerprint density at radius 3 is 2.10 bits per heavy atom. The van der Waals surface area contributed by atoms with Gasteiger partial charge in [-0.05, 0) is 18.6 Å². The average Bonchev–Trinajstić information content (AvgIpc) is 2.37. The molecule has 2 rings (SSSR count). The third kappa shape index (κ3) is 5.43. The maximum absolute atomic E-state index is 11.6. The molecule has 1 aliphatic rings. The number of carbonyl (C=O) groups excluding carboxylic acids is 1. The molecule has 0 aliphatic heterocycles. The molecule has 1 aromatic rings. The van der Waals surface area contributed by atoms with Crippen LogP contribution in [-0.4, -0.2) is 23.7 Å². The van der Waals surface area contributed by atoms with Crippen LogP contribution in [0.4, 0.5) is 0 Å². The number of benzene rings is 1. The van der Waals surface area contributed by atoms with Crippen molar-refractivity contribution in [2.45, 2.75) is 45.4 Å². The van der Waals surface area contributed by atoms with E-state index in [1.807, 2.05) is 6.92 Å². The van der Waals surface area contributed by atoms with Crippen LogP contribution in [0.15, 0.2) is 24.3 Å². The number of hydrogen-bond acceptors (Lipinski definition) is 3. The minimum Gasteiger partial charge on any atom is -0.478 e. The summed E-state index contributed by atoms with van der Waals surface area (Å²) in [6.07, 6.45) is 7.70. The van der Waals surface area contributed by atoms with E-state index >= 15 is 0 Å². The van der Waals surface area contributed by atoms with E-state index in [9.17, 15) is 9.59 Å². The zero-order chi connectivity index (χ0) is 14.8. The first-order valence-electron chi connectivity index (χ1n) is 7.16. The summed E-state index contributed by atoms with van der Waals surface area (Å²) < 4.78 is 4.96. The number of carbonyl (C=O) groups is 2. The van der Waals surface area contributed by atoms with Gasteiger partial charge in [0.15, 0.2) is 0 Å². The second-order valence-electron chi connectivity index (χ2n) is 4.75. The number of hydrogen-bond donors (Lipinski definition) is 1. The summed E-state index contributed by atoms with van der Waals surface area (Å²) in [5.74, 6) is -1.70. The van der Waals surface area contributed by atoms with Crippen molar-refractivity contribution in [3.05, 3.63) is 35.4 Å². The summed E-state index contributed by atoms with van der Waals surface area (Å²) >= 11 is 0. The largest absolute Gasteiger partial charge is 0.478 e. The number of unbranched alkanes of at least 4 members (excludes halogenated alkanes) is 1. The summed E-state index contributed by atoms with van der Waals surface area (Å²) in [7, 11) is 0. The van der Waals surface area contributed by atoms with E-state index in [0.717, 1.165) is 12.8 Å². The summed E-state index contributed by atoms with van der Waals surface area (Å²) in [5.41, 5.74) is 0.0788. The van der Waals surface area contributed by atoms with E-state index in [2.05, 4.69) is 0 Å². The first-order chi connectivity index (χ1) is 9.66. The smallest absolute Gasteiger partial charge is 0.339 e. The Morgan fingerprint density at radius 1 is 1.10 bits per heavy atom. The fourth-order valence-electron chi connectivity index (χ4n) is 1.48. The molecule has 0 spiro atoms. The molecule has 4 nitrogen and oxygen atoms in total. The molecule has 0 saturated heterocycles. The zero-order valence-corrected chi connectivity index (χ0v) is 11.9. The van der Waals surface area contributed by atoms with Crippen LogP contribution in [0.1, 0.15) is 66.2 Å². The highest BCUT2D eigenvalue weighted by atomic mass is 16.5. The van der Waals surface area contributed by atoms with Gasteiger partial charge in [0.25, 0.3) is 0 Å². The molecule has 0 aromatic heterocycles. The number of aromatic carboxylic acids is 1. The summed E-state index contributed by atoms with van der Waals surface area (Å²) in [6, 6.07) is 6.03. The molecule has 0 atom stereocenters. The zero-order valence-electron chi connectivity index (χ0n) is 11.9. The number of esters is 1. The van der Waals surface area contributed by atoms with E-state index in [1.165, 1.54) is 37.8 Å². The van der Waals surface area contributed by atoms with Crippen molar-refractivity contribution in [1.82, 2.24) is 0 Å². The highest BCUT2D eigenvalue weighted by molar-refractivity contribution is 6.02. The van der Waals surface area contributed by atoms with Crippen molar-refractivity contribution >= 4 is 11.9 Å². The molecule has 1 N–H and O–H groups in total. The maximum atomic E-state index is 11.6. The SMILES string of the molecule is C1CCC1.CCCCOC(=O)c1ccccc1C(=O)O. The van der Waals surface area contributed by atoms with E-state index in [0.29, 0.717) is 6.61 Å².